The minimum Gasteiger partial charge on any atom is -0.450 e. The molecule has 2 aliphatic heterocycles. The van der Waals surface area contributed by atoms with Crippen LogP contribution in [0.5, 0.6) is 0 Å². The molecule has 1 unspecified atom stereocenters. The Labute approximate surface area is 155 Å². The van der Waals surface area contributed by atoms with E-state index in [0.29, 0.717) is 18.6 Å². The third-order valence-corrected chi connectivity index (χ3v) is 6.09. The Morgan fingerprint density at radius 3 is 2.69 bits per heavy atom. The van der Waals surface area contributed by atoms with Gasteiger partial charge >= 0.3 is 6.09 Å². The summed E-state index contributed by atoms with van der Waals surface area (Å²) in [7, 11) is 2.14. The summed E-state index contributed by atoms with van der Waals surface area (Å²) in [6, 6.07) is 9.32. The molecule has 2 aromatic rings. The van der Waals surface area contributed by atoms with Gasteiger partial charge in [-0.25, -0.2) is 4.79 Å². The SMILES string of the molecule is CCOC(=O)N1CCC(N2CCC(c3cn(C)c4ccccc34)C2)CC1. The maximum atomic E-state index is 11.9. The van der Waals surface area contributed by atoms with Gasteiger partial charge in [-0.2, -0.15) is 0 Å². The predicted molar refractivity (Wildman–Crippen MR) is 103 cm³/mol. The molecular formula is C21H29N3O2. The molecule has 3 heterocycles. The van der Waals surface area contributed by atoms with Crippen LogP contribution < -0.4 is 0 Å². The molecule has 140 valence electrons. The Morgan fingerprint density at radius 2 is 1.92 bits per heavy atom. The zero-order valence-electron chi connectivity index (χ0n) is 15.9. The van der Waals surface area contributed by atoms with Crippen molar-refractivity contribution >= 4 is 17.0 Å². The number of ether oxygens (including phenoxy) is 1. The molecule has 1 aromatic carbocycles. The molecule has 1 amide bonds. The Kier molecular flexibility index (Phi) is 4.90. The van der Waals surface area contributed by atoms with Gasteiger partial charge in [-0.3, -0.25) is 4.90 Å². The molecule has 0 spiro atoms. The fourth-order valence-electron chi connectivity index (χ4n) is 4.70. The van der Waals surface area contributed by atoms with Gasteiger partial charge in [-0.15, -0.1) is 0 Å². The highest BCUT2D eigenvalue weighted by Crippen LogP contribution is 2.35. The molecule has 2 saturated heterocycles. The number of para-hydroxylation sites is 1. The van der Waals surface area contributed by atoms with Crippen molar-refractivity contribution in [3.05, 3.63) is 36.0 Å². The average Bonchev–Trinajstić information content (AvgIpc) is 3.28. The minimum atomic E-state index is -0.152. The lowest BCUT2D eigenvalue weighted by atomic mass is 9.97. The second-order valence-electron chi connectivity index (χ2n) is 7.61. The zero-order chi connectivity index (χ0) is 18.1. The normalized spacial score (nSPS) is 22.2. The van der Waals surface area contributed by atoms with Crippen molar-refractivity contribution in [2.24, 2.45) is 7.05 Å². The molecule has 5 heteroatoms. The number of piperidine rings is 1. The molecule has 5 nitrogen and oxygen atoms in total. The Morgan fingerprint density at radius 1 is 1.15 bits per heavy atom. The summed E-state index contributed by atoms with van der Waals surface area (Å²) >= 11 is 0. The second kappa shape index (κ2) is 7.31. The molecule has 0 N–H and O–H groups in total. The average molecular weight is 355 g/mol. The maximum absolute atomic E-state index is 11.9. The summed E-state index contributed by atoms with van der Waals surface area (Å²) in [5.74, 6) is 0.615. The van der Waals surface area contributed by atoms with Crippen LogP contribution in [0.15, 0.2) is 30.5 Å². The van der Waals surface area contributed by atoms with Crippen LogP contribution in [0, 0.1) is 0 Å². The van der Waals surface area contributed by atoms with Crippen molar-refractivity contribution < 1.29 is 9.53 Å². The van der Waals surface area contributed by atoms with E-state index in [1.165, 1.54) is 22.9 Å². The number of aryl methyl sites for hydroxylation is 1. The van der Waals surface area contributed by atoms with E-state index in [0.717, 1.165) is 39.0 Å². The van der Waals surface area contributed by atoms with Crippen LogP contribution in [-0.2, 0) is 11.8 Å². The van der Waals surface area contributed by atoms with Crippen molar-refractivity contribution in [2.45, 2.75) is 38.1 Å². The smallest absolute Gasteiger partial charge is 0.409 e. The number of benzene rings is 1. The highest BCUT2D eigenvalue weighted by Gasteiger charge is 2.33. The van der Waals surface area contributed by atoms with Crippen molar-refractivity contribution in [2.75, 3.05) is 32.8 Å². The van der Waals surface area contributed by atoms with Crippen molar-refractivity contribution in [1.82, 2.24) is 14.4 Å². The molecule has 1 aromatic heterocycles. The molecule has 2 fully saturated rings. The topological polar surface area (TPSA) is 37.7 Å². The van der Waals surface area contributed by atoms with E-state index in [-0.39, 0.29) is 6.09 Å². The molecule has 0 radical (unpaired) electrons. The summed E-state index contributed by atoms with van der Waals surface area (Å²) < 4.78 is 7.39. The number of hydrogen-bond donors (Lipinski definition) is 0. The van der Waals surface area contributed by atoms with Gasteiger partial charge in [0.05, 0.1) is 6.61 Å². The van der Waals surface area contributed by atoms with Crippen LogP contribution in [0.1, 0.15) is 37.7 Å². The Hall–Kier alpha value is -2.01. The third kappa shape index (κ3) is 3.20. The molecule has 26 heavy (non-hydrogen) atoms. The second-order valence-corrected chi connectivity index (χ2v) is 7.61. The van der Waals surface area contributed by atoms with E-state index < -0.39 is 0 Å². The van der Waals surface area contributed by atoms with Crippen LogP contribution in [0.3, 0.4) is 0 Å². The number of amides is 1. The highest BCUT2D eigenvalue weighted by atomic mass is 16.6. The number of carbonyl (C=O) groups is 1. The van der Waals surface area contributed by atoms with Crippen LogP contribution in [-0.4, -0.2) is 59.3 Å². The largest absolute Gasteiger partial charge is 0.450 e. The van der Waals surface area contributed by atoms with Gasteiger partial charge in [0.15, 0.2) is 0 Å². The van der Waals surface area contributed by atoms with Crippen LogP contribution >= 0.6 is 0 Å². The summed E-state index contributed by atoms with van der Waals surface area (Å²) in [6.07, 6.45) is 5.51. The van der Waals surface area contributed by atoms with Crippen LogP contribution in [0.2, 0.25) is 0 Å². The van der Waals surface area contributed by atoms with Gasteiger partial charge in [0.2, 0.25) is 0 Å². The highest BCUT2D eigenvalue weighted by molar-refractivity contribution is 5.84. The van der Waals surface area contributed by atoms with E-state index in [4.69, 9.17) is 4.74 Å². The molecule has 2 aliphatic rings. The third-order valence-electron chi connectivity index (χ3n) is 6.09. The molecule has 0 aliphatic carbocycles. The van der Waals surface area contributed by atoms with E-state index >= 15 is 0 Å². The fourth-order valence-corrected chi connectivity index (χ4v) is 4.70. The lowest BCUT2D eigenvalue weighted by molar-refractivity contribution is 0.0802. The Bertz CT molecular complexity index is 777. The quantitative estimate of drug-likeness (QED) is 0.844. The van der Waals surface area contributed by atoms with E-state index in [2.05, 4.69) is 47.0 Å². The first-order chi connectivity index (χ1) is 12.7. The number of likely N-dealkylation sites (tertiary alicyclic amines) is 2. The van der Waals surface area contributed by atoms with Gasteiger partial charge in [0.1, 0.15) is 0 Å². The molecular weight excluding hydrogens is 326 g/mol. The van der Waals surface area contributed by atoms with Crippen molar-refractivity contribution in [3.8, 4) is 0 Å². The maximum Gasteiger partial charge on any atom is 0.409 e. The number of carbonyl (C=O) groups excluding carboxylic acids is 1. The van der Waals surface area contributed by atoms with Crippen molar-refractivity contribution in [1.29, 1.82) is 0 Å². The summed E-state index contributed by atoms with van der Waals surface area (Å²) in [4.78, 5) is 16.4. The number of rotatable bonds is 3. The van der Waals surface area contributed by atoms with Crippen LogP contribution in [0.25, 0.3) is 10.9 Å². The first kappa shape index (κ1) is 17.4. The van der Waals surface area contributed by atoms with E-state index in [9.17, 15) is 4.79 Å². The summed E-state index contributed by atoms with van der Waals surface area (Å²) in [6.45, 7) is 6.26. The number of aromatic nitrogens is 1. The Balaban J connectivity index is 1.39. The van der Waals surface area contributed by atoms with Gasteiger partial charge in [-0.1, -0.05) is 18.2 Å². The molecule has 1 atom stereocenters. The first-order valence-electron chi connectivity index (χ1n) is 9.87. The molecule has 0 bridgehead atoms. The standard InChI is InChI=1S/C21H29N3O2/c1-3-26-21(25)23-12-9-17(10-13-23)24-11-8-16(14-24)19-15-22(2)20-7-5-4-6-18(19)20/h4-7,15-17H,3,8-14H2,1-2H3. The monoisotopic (exact) mass is 355 g/mol. The minimum absolute atomic E-state index is 0.152. The predicted octanol–water partition coefficient (Wildman–Crippen LogP) is 3.59. The summed E-state index contributed by atoms with van der Waals surface area (Å²) in [5.41, 5.74) is 2.82. The zero-order valence-corrected chi connectivity index (χ0v) is 15.9. The van der Waals surface area contributed by atoms with E-state index in [1.807, 2.05) is 11.8 Å². The van der Waals surface area contributed by atoms with Gasteiger partial charge in [-0.05, 0) is 50.3 Å². The molecule has 4 rings (SSSR count). The lowest BCUT2D eigenvalue weighted by Gasteiger charge is -2.36. The summed E-state index contributed by atoms with van der Waals surface area (Å²) in [5, 5.41) is 1.40. The van der Waals surface area contributed by atoms with Gasteiger partial charge in [0, 0.05) is 49.8 Å². The molecule has 0 saturated carbocycles. The fraction of sp³-hybridized carbons (Fsp3) is 0.571. The van der Waals surface area contributed by atoms with Gasteiger partial charge in [0.25, 0.3) is 0 Å². The van der Waals surface area contributed by atoms with E-state index in [1.54, 1.807) is 0 Å². The number of hydrogen-bond acceptors (Lipinski definition) is 3. The van der Waals surface area contributed by atoms with Gasteiger partial charge < -0.3 is 14.2 Å². The number of fused-ring (bicyclic) bond motifs is 1. The lowest BCUT2D eigenvalue weighted by Crippen LogP contribution is -2.46. The van der Waals surface area contributed by atoms with Crippen LogP contribution in [0.4, 0.5) is 4.79 Å². The first-order valence-corrected chi connectivity index (χ1v) is 9.87. The van der Waals surface area contributed by atoms with Crippen molar-refractivity contribution in [3.63, 3.8) is 0 Å². The number of nitrogens with zero attached hydrogens (tertiary/aromatic N) is 3.